The van der Waals surface area contributed by atoms with E-state index in [9.17, 15) is 0 Å². The highest BCUT2D eigenvalue weighted by molar-refractivity contribution is 7.98. The minimum absolute atomic E-state index is 0.435. The number of benzene rings is 1. The van der Waals surface area contributed by atoms with Crippen molar-refractivity contribution in [1.29, 1.82) is 0 Å². The number of pyridine rings is 1. The summed E-state index contributed by atoms with van der Waals surface area (Å²) in [4.78, 5) is 5.46. The van der Waals surface area contributed by atoms with Crippen molar-refractivity contribution in [3.8, 4) is 5.75 Å². The van der Waals surface area contributed by atoms with Crippen molar-refractivity contribution in [2.45, 2.75) is 18.0 Å². The normalized spacial score (nSPS) is 10.3. The standard InChI is InChI=1S/C14H16N2OS/c1-18-13-6-4-12(5-7-13)17-10-11-3-2-8-16-14(11)9-15/h2-8H,9-10,15H2,1H3. The van der Waals surface area contributed by atoms with E-state index in [1.54, 1.807) is 18.0 Å². The molecule has 0 aliphatic rings. The van der Waals surface area contributed by atoms with Gasteiger partial charge in [0.1, 0.15) is 12.4 Å². The topological polar surface area (TPSA) is 48.1 Å². The highest BCUT2D eigenvalue weighted by Gasteiger charge is 2.02. The first-order valence-corrected chi connectivity index (χ1v) is 6.95. The SMILES string of the molecule is CSc1ccc(OCc2cccnc2CN)cc1. The van der Waals surface area contributed by atoms with Crippen molar-refractivity contribution in [2.24, 2.45) is 5.73 Å². The average molecular weight is 260 g/mol. The Kier molecular flexibility index (Phi) is 4.61. The quantitative estimate of drug-likeness (QED) is 0.840. The Bertz CT molecular complexity index is 499. The highest BCUT2D eigenvalue weighted by atomic mass is 32.2. The van der Waals surface area contributed by atoms with Crippen LogP contribution < -0.4 is 10.5 Å². The van der Waals surface area contributed by atoms with Gasteiger partial charge in [0.15, 0.2) is 0 Å². The zero-order valence-corrected chi connectivity index (χ0v) is 11.1. The molecule has 0 unspecified atom stereocenters. The maximum Gasteiger partial charge on any atom is 0.119 e. The molecule has 0 amide bonds. The summed E-state index contributed by atoms with van der Waals surface area (Å²) >= 11 is 1.72. The molecule has 1 heterocycles. The summed E-state index contributed by atoms with van der Waals surface area (Å²) in [6, 6.07) is 11.9. The Morgan fingerprint density at radius 1 is 1.22 bits per heavy atom. The molecule has 1 aromatic heterocycles. The number of aromatic nitrogens is 1. The van der Waals surface area contributed by atoms with Crippen LogP contribution in [-0.2, 0) is 13.2 Å². The summed E-state index contributed by atoms with van der Waals surface area (Å²) in [5, 5.41) is 0. The number of nitrogens with zero attached hydrogens (tertiary/aromatic N) is 1. The minimum atomic E-state index is 0.435. The molecule has 0 saturated heterocycles. The first-order valence-electron chi connectivity index (χ1n) is 5.73. The van der Waals surface area contributed by atoms with E-state index in [2.05, 4.69) is 11.2 Å². The van der Waals surface area contributed by atoms with Gasteiger partial charge in [-0.05, 0) is 36.6 Å². The Hall–Kier alpha value is -1.52. The molecule has 2 N–H and O–H groups in total. The van der Waals surface area contributed by atoms with Crippen LogP contribution in [0.2, 0.25) is 0 Å². The molecule has 0 atom stereocenters. The molecule has 0 aliphatic heterocycles. The summed E-state index contributed by atoms with van der Waals surface area (Å²) in [6.45, 7) is 0.934. The smallest absolute Gasteiger partial charge is 0.119 e. The first-order chi connectivity index (χ1) is 8.83. The van der Waals surface area contributed by atoms with E-state index in [1.165, 1.54) is 4.90 Å². The van der Waals surface area contributed by atoms with Gasteiger partial charge in [0.2, 0.25) is 0 Å². The Labute approximate surface area is 111 Å². The third kappa shape index (κ3) is 3.24. The van der Waals surface area contributed by atoms with Gasteiger partial charge in [-0.1, -0.05) is 6.07 Å². The van der Waals surface area contributed by atoms with Gasteiger partial charge < -0.3 is 10.5 Å². The molecule has 1 aromatic carbocycles. The van der Waals surface area contributed by atoms with Gasteiger partial charge >= 0.3 is 0 Å². The van der Waals surface area contributed by atoms with Crippen LogP contribution in [-0.4, -0.2) is 11.2 Å². The van der Waals surface area contributed by atoms with E-state index in [0.29, 0.717) is 13.2 Å². The third-order valence-corrected chi connectivity index (χ3v) is 3.38. The van der Waals surface area contributed by atoms with E-state index in [1.807, 2.05) is 36.4 Å². The Morgan fingerprint density at radius 2 is 2.00 bits per heavy atom. The summed E-state index contributed by atoms with van der Waals surface area (Å²) in [7, 11) is 0. The number of thioether (sulfide) groups is 1. The molecule has 0 radical (unpaired) electrons. The molecule has 0 spiro atoms. The maximum absolute atomic E-state index is 5.73. The highest BCUT2D eigenvalue weighted by Crippen LogP contribution is 2.20. The van der Waals surface area contributed by atoms with Crippen LogP contribution in [0.5, 0.6) is 5.75 Å². The molecule has 18 heavy (non-hydrogen) atoms. The van der Waals surface area contributed by atoms with Gasteiger partial charge in [-0.3, -0.25) is 4.98 Å². The Morgan fingerprint density at radius 3 is 2.67 bits per heavy atom. The van der Waals surface area contributed by atoms with Gasteiger partial charge in [-0.2, -0.15) is 0 Å². The molecule has 0 fully saturated rings. The second-order valence-corrected chi connectivity index (χ2v) is 4.66. The van der Waals surface area contributed by atoms with Crippen LogP contribution in [0.1, 0.15) is 11.3 Å². The van der Waals surface area contributed by atoms with Gasteiger partial charge in [0, 0.05) is 23.2 Å². The number of rotatable bonds is 5. The van der Waals surface area contributed by atoms with E-state index in [4.69, 9.17) is 10.5 Å². The molecular weight excluding hydrogens is 244 g/mol. The van der Waals surface area contributed by atoms with E-state index in [0.717, 1.165) is 17.0 Å². The van der Waals surface area contributed by atoms with Crippen molar-refractivity contribution < 1.29 is 4.74 Å². The number of hydrogen-bond acceptors (Lipinski definition) is 4. The lowest BCUT2D eigenvalue weighted by atomic mass is 10.2. The van der Waals surface area contributed by atoms with Gasteiger partial charge in [0.05, 0.1) is 5.69 Å². The molecular formula is C14H16N2OS. The molecule has 2 aromatic rings. The lowest BCUT2D eigenvalue weighted by Gasteiger charge is -2.09. The summed E-state index contributed by atoms with van der Waals surface area (Å²) in [6.07, 6.45) is 3.80. The summed E-state index contributed by atoms with van der Waals surface area (Å²) in [5.41, 5.74) is 7.56. The van der Waals surface area contributed by atoms with E-state index in [-0.39, 0.29) is 0 Å². The van der Waals surface area contributed by atoms with Crippen molar-refractivity contribution >= 4 is 11.8 Å². The zero-order chi connectivity index (χ0) is 12.8. The lowest BCUT2D eigenvalue weighted by Crippen LogP contribution is -2.06. The fourth-order valence-corrected chi connectivity index (χ4v) is 2.03. The van der Waals surface area contributed by atoms with Crippen molar-refractivity contribution in [1.82, 2.24) is 4.98 Å². The molecule has 4 heteroatoms. The van der Waals surface area contributed by atoms with Crippen LogP contribution in [0.15, 0.2) is 47.5 Å². The minimum Gasteiger partial charge on any atom is -0.489 e. The lowest BCUT2D eigenvalue weighted by molar-refractivity contribution is 0.304. The Balaban J connectivity index is 2.02. The van der Waals surface area contributed by atoms with Crippen LogP contribution in [0.4, 0.5) is 0 Å². The fraction of sp³-hybridized carbons (Fsp3) is 0.214. The third-order valence-electron chi connectivity index (χ3n) is 2.63. The zero-order valence-electron chi connectivity index (χ0n) is 10.3. The van der Waals surface area contributed by atoms with Gasteiger partial charge in [-0.15, -0.1) is 11.8 Å². The van der Waals surface area contributed by atoms with Crippen LogP contribution in [0.3, 0.4) is 0 Å². The largest absolute Gasteiger partial charge is 0.489 e. The van der Waals surface area contributed by atoms with Gasteiger partial charge in [0.25, 0.3) is 0 Å². The second-order valence-electron chi connectivity index (χ2n) is 3.78. The van der Waals surface area contributed by atoms with E-state index >= 15 is 0 Å². The fourth-order valence-electron chi connectivity index (χ4n) is 1.62. The van der Waals surface area contributed by atoms with Crippen LogP contribution in [0.25, 0.3) is 0 Å². The van der Waals surface area contributed by atoms with Crippen molar-refractivity contribution in [3.05, 3.63) is 53.9 Å². The molecule has 3 nitrogen and oxygen atoms in total. The van der Waals surface area contributed by atoms with Gasteiger partial charge in [-0.25, -0.2) is 0 Å². The maximum atomic E-state index is 5.73. The van der Waals surface area contributed by atoms with Crippen molar-refractivity contribution in [2.75, 3.05) is 6.26 Å². The monoisotopic (exact) mass is 260 g/mol. The number of hydrogen-bond donors (Lipinski definition) is 1. The molecule has 2 rings (SSSR count). The first kappa shape index (κ1) is 12.9. The molecule has 0 bridgehead atoms. The molecule has 0 saturated carbocycles. The summed E-state index contributed by atoms with van der Waals surface area (Å²) in [5.74, 6) is 0.861. The van der Waals surface area contributed by atoms with Crippen LogP contribution >= 0.6 is 11.8 Å². The van der Waals surface area contributed by atoms with Crippen molar-refractivity contribution in [3.63, 3.8) is 0 Å². The van der Waals surface area contributed by atoms with E-state index < -0.39 is 0 Å². The molecule has 94 valence electrons. The van der Waals surface area contributed by atoms with Crippen LogP contribution in [0, 0.1) is 0 Å². The summed E-state index contributed by atoms with van der Waals surface area (Å²) < 4.78 is 5.73. The number of nitrogens with two attached hydrogens (primary N) is 1. The molecule has 0 aliphatic carbocycles. The predicted molar refractivity (Wildman–Crippen MR) is 74.7 cm³/mol. The average Bonchev–Trinajstić information content (AvgIpc) is 2.46. The predicted octanol–water partition coefficient (Wildman–Crippen LogP) is 2.84. The second kappa shape index (κ2) is 6.42. The number of ether oxygens (including phenoxy) is 1.